The van der Waals surface area contributed by atoms with Gasteiger partial charge in [-0.05, 0) is 89.6 Å². The van der Waals surface area contributed by atoms with Gasteiger partial charge in [0, 0.05) is 24.2 Å². The molecule has 300 valence electrons. The fourth-order valence-corrected chi connectivity index (χ4v) is 10.6. The van der Waals surface area contributed by atoms with Crippen LogP contribution < -0.4 is 9.34 Å². The zero-order valence-corrected chi connectivity index (χ0v) is 32.0. The number of aldehydes is 1. The number of rotatable bonds is 12. The lowest BCUT2D eigenvalue weighted by molar-refractivity contribution is -0.744. The van der Waals surface area contributed by atoms with Crippen LogP contribution in [-0.2, 0) is 43.2 Å². The predicted molar refractivity (Wildman–Crippen MR) is 193 cm³/mol. The van der Waals surface area contributed by atoms with E-state index in [1.54, 1.807) is 6.07 Å². The van der Waals surface area contributed by atoms with Gasteiger partial charge in [-0.3, -0.25) is 14.4 Å². The quantitative estimate of drug-likeness (QED) is 0.0687. The molecule has 4 aliphatic rings. The number of hydrogen-bond acceptors (Lipinski definition) is 14. The Balaban J connectivity index is 0.978. The molecule has 3 aromatic rings. The van der Waals surface area contributed by atoms with Crippen molar-refractivity contribution in [2.45, 2.75) is 68.4 Å². The number of ether oxygens (including phenoxy) is 4. The summed E-state index contributed by atoms with van der Waals surface area (Å²) in [5.74, 6) is -6.23. The largest absolute Gasteiger partial charge is 0.464 e. The molecule has 0 radical (unpaired) electrons. The summed E-state index contributed by atoms with van der Waals surface area (Å²) in [5.41, 5.74) is -3.88. The van der Waals surface area contributed by atoms with Crippen molar-refractivity contribution < 1.29 is 65.4 Å². The van der Waals surface area contributed by atoms with E-state index in [-0.39, 0.29) is 70.5 Å². The molecule has 1 aromatic heterocycles. The Kier molecular flexibility index (Phi) is 10.2. The maximum Gasteiger partial charge on any atom is 0.404 e. The molecular formula is C40H41N2O14S+. The lowest BCUT2D eigenvalue weighted by Crippen LogP contribution is -2.70. The van der Waals surface area contributed by atoms with Crippen LogP contribution in [0, 0.1) is 38.9 Å². The number of ketones is 2. The number of fused-ring (bicyclic) bond motifs is 2. The summed E-state index contributed by atoms with van der Waals surface area (Å²) in [6, 6.07) is 12.7. The fourth-order valence-electron chi connectivity index (χ4n) is 9.32. The first-order valence-electron chi connectivity index (χ1n) is 18.6. The van der Waals surface area contributed by atoms with E-state index in [0.29, 0.717) is 25.7 Å². The van der Waals surface area contributed by atoms with Gasteiger partial charge in [-0.2, -0.15) is 0 Å². The molecule has 2 aromatic carbocycles. The molecule has 1 saturated heterocycles. The first-order valence-corrected chi connectivity index (χ1v) is 20.1. The van der Waals surface area contributed by atoms with Crippen molar-refractivity contribution in [3.05, 3.63) is 82.8 Å². The number of nitrogens with zero attached hydrogens (tertiary/aromatic N) is 1. The summed E-state index contributed by atoms with van der Waals surface area (Å²) in [6.45, 7) is 7.29. The summed E-state index contributed by atoms with van der Waals surface area (Å²) in [5, 5.41) is 1.42. The molecule has 6 atom stereocenters. The summed E-state index contributed by atoms with van der Waals surface area (Å²) in [4.78, 5) is 92.9. The highest BCUT2D eigenvalue weighted by molar-refractivity contribution is 7.91. The van der Waals surface area contributed by atoms with Crippen LogP contribution in [0.15, 0.2) is 81.3 Å². The Labute approximate surface area is 326 Å². The zero-order valence-electron chi connectivity index (χ0n) is 31.2. The summed E-state index contributed by atoms with van der Waals surface area (Å²) < 4.78 is 52.7. The van der Waals surface area contributed by atoms with Crippen molar-refractivity contribution in [1.82, 2.24) is 5.16 Å². The van der Waals surface area contributed by atoms with Gasteiger partial charge in [-0.25, -0.2) is 18.0 Å². The minimum absolute atomic E-state index is 0.0170. The number of cyclic esters (lactones) is 1. The average molecular weight is 806 g/mol. The van der Waals surface area contributed by atoms with Crippen LogP contribution >= 0.6 is 0 Å². The van der Waals surface area contributed by atoms with Crippen molar-refractivity contribution in [3.63, 3.8) is 0 Å². The molecule has 0 amide bonds. The SMILES string of the molecule is C=C1C(=O)[C@@]23C(=O)OC[C@]4(C(=O)CCC(C)(C)[C@H]4C=O)[C@@H]2CC[C@@H]1[C@H]3OC(=O)c1ccc(C(=O)OCCCCOc2[nH]o[n+](=O)c2S(=O)(=O)c2ccccc2)cc1. The van der Waals surface area contributed by atoms with Gasteiger partial charge in [-0.1, -0.05) is 43.3 Å². The Morgan fingerprint density at radius 2 is 1.65 bits per heavy atom. The van der Waals surface area contributed by atoms with E-state index >= 15 is 0 Å². The molecule has 2 spiro atoms. The van der Waals surface area contributed by atoms with Crippen LogP contribution in [0.4, 0.5) is 0 Å². The number of esters is 3. The second-order valence-corrected chi connectivity index (χ2v) is 17.5. The highest BCUT2D eigenvalue weighted by atomic mass is 32.2. The van der Waals surface area contributed by atoms with Crippen LogP contribution in [0.3, 0.4) is 0 Å². The van der Waals surface area contributed by atoms with Gasteiger partial charge in [0.25, 0.3) is 9.84 Å². The molecule has 2 bridgehead atoms. The number of aromatic amines is 1. The highest BCUT2D eigenvalue weighted by Crippen LogP contribution is 2.67. The van der Waals surface area contributed by atoms with Gasteiger partial charge in [0.1, 0.15) is 24.8 Å². The number of carbonyl (C=O) groups is 6. The second kappa shape index (κ2) is 14.7. The lowest BCUT2D eigenvalue weighted by Gasteiger charge is -2.59. The first-order chi connectivity index (χ1) is 27.1. The smallest absolute Gasteiger partial charge is 0.404 e. The molecule has 16 nitrogen and oxygen atoms in total. The molecule has 1 aliphatic heterocycles. The summed E-state index contributed by atoms with van der Waals surface area (Å²) >= 11 is 0. The standard InChI is InChI=1S/C40H41N2O14S/c1-23-27-15-16-28-39(29(21-43)38(2,3)18-17-30(39)44)22-54-37(48)40(28,31(23)45)32(27)55-36(47)25-13-11-24(12-14-25)35(46)53-20-8-7-19-52-33-34(42(49)56-41-33)57(50,51)26-9-5-4-6-10-26/h4-6,9-14,21,27-29,32,41H,1,7-8,15-20,22H2,2-3H3/q+1/t27-,28-,29+,32+,39-,40-/m0/s1. The van der Waals surface area contributed by atoms with E-state index in [0.717, 1.165) is 6.29 Å². The molecule has 57 heavy (non-hydrogen) atoms. The van der Waals surface area contributed by atoms with E-state index in [1.165, 1.54) is 48.5 Å². The zero-order chi connectivity index (χ0) is 40.9. The van der Waals surface area contributed by atoms with Crippen LogP contribution in [0.1, 0.15) is 73.1 Å². The van der Waals surface area contributed by atoms with Crippen molar-refractivity contribution in [2.24, 2.45) is 34.0 Å². The number of nitrogens with one attached hydrogen (secondary N) is 1. The minimum Gasteiger partial charge on any atom is -0.464 e. The van der Waals surface area contributed by atoms with Crippen LogP contribution in [0.25, 0.3) is 0 Å². The molecule has 3 saturated carbocycles. The number of H-pyrrole nitrogens is 1. The van der Waals surface area contributed by atoms with Gasteiger partial charge >= 0.3 is 28.8 Å². The van der Waals surface area contributed by atoms with Crippen LogP contribution in [0.5, 0.6) is 5.88 Å². The molecular weight excluding hydrogens is 765 g/mol. The number of sulfone groups is 1. The first kappa shape index (κ1) is 39.5. The van der Waals surface area contributed by atoms with E-state index in [1.807, 2.05) is 13.8 Å². The van der Waals surface area contributed by atoms with E-state index < -0.39 is 78.7 Å². The molecule has 1 N–H and O–H groups in total. The van der Waals surface area contributed by atoms with Gasteiger partial charge in [-0.15, -0.1) is 0 Å². The van der Waals surface area contributed by atoms with Gasteiger partial charge in [0.05, 0.1) is 34.7 Å². The van der Waals surface area contributed by atoms with E-state index in [4.69, 9.17) is 18.9 Å². The van der Waals surface area contributed by atoms with Crippen molar-refractivity contribution in [2.75, 3.05) is 19.8 Å². The van der Waals surface area contributed by atoms with Crippen LogP contribution in [0.2, 0.25) is 0 Å². The third-order valence-electron chi connectivity index (χ3n) is 12.2. The number of unbranched alkanes of at least 4 members (excludes halogenated alkanes) is 1. The average Bonchev–Trinajstić information content (AvgIpc) is 3.63. The van der Waals surface area contributed by atoms with Crippen LogP contribution in [-0.4, -0.2) is 75.3 Å². The predicted octanol–water partition coefficient (Wildman–Crippen LogP) is 3.80. The van der Waals surface area contributed by atoms with Crippen molar-refractivity contribution in [1.29, 1.82) is 0 Å². The normalized spacial score (nSPS) is 27.7. The fraction of sp³-hybridized carbons (Fsp3) is 0.450. The minimum atomic E-state index is -4.25. The number of Topliss-reactive ketones (excluding diaryl/α,β-unsaturated/α-hetero) is 2. The monoisotopic (exact) mass is 805 g/mol. The Bertz CT molecular complexity index is 2330. The Hall–Kier alpha value is -5.71. The number of carbonyl (C=O) groups excluding carboxylic acids is 6. The molecule has 7 rings (SSSR count). The molecule has 0 unspecified atom stereocenters. The molecule has 2 heterocycles. The Morgan fingerprint density at radius 3 is 2.33 bits per heavy atom. The van der Waals surface area contributed by atoms with Crippen molar-refractivity contribution in [3.8, 4) is 5.88 Å². The summed E-state index contributed by atoms with van der Waals surface area (Å²) in [7, 11) is -4.25. The molecule has 4 fully saturated rings. The molecule has 3 aliphatic carbocycles. The second-order valence-electron chi connectivity index (χ2n) is 15.6. The van der Waals surface area contributed by atoms with Gasteiger partial charge < -0.3 is 23.7 Å². The third-order valence-corrected chi connectivity index (χ3v) is 13.9. The Morgan fingerprint density at radius 1 is 0.982 bits per heavy atom. The lowest BCUT2D eigenvalue weighted by atomic mass is 9.44. The number of hydrogen-bond donors (Lipinski definition) is 1. The third kappa shape index (κ3) is 6.22. The van der Waals surface area contributed by atoms with Gasteiger partial charge in [0.2, 0.25) is 4.60 Å². The number of aromatic nitrogens is 2. The topological polar surface area (TPSA) is 225 Å². The highest BCUT2D eigenvalue weighted by Gasteiger charge is 2.78. The van der Waals surface area contributed by atoms with E-state index in [2.05, 4.69) is 16.4 Å². The maximum absolute atomic E-state index is 14.1. The number of benzene rings is 2. The van der Waals surface area contributed by atoms with Gasteiger partial charge in [0.15, 0.2) is 11.2 Å². The summed E-state index contributed by atoms with van der Waals surface area (Å²) in [6.07, 6.45) is 1.19. The molecule has 17 heteroatoms. The maximum atomic E-state index is 14.1. The van der Waals surface area contributed by atoms with Crippen molar-refractivity contribution >= 4 is 45.6 Å². The van der Waals surface area contributed by atoms with E-state index in [9.17, 15) is 42.1 Å².